The topological polar surface area (TPSA) is 75.9 Å². The zero-order chi connectivity index (χ0) is 14.5. The lowest BCUT2D eigenvalue weighted by Gasteiger charge is -2.16. The maximum Gasteiger partial charge on any atom is 0.270 e. The fourth-order valence-corrected chi connectivity index (χ4v) is 2.04. The molecule has 0 aliphatic carbocycles. The Kier molecular flexibility index (Phi) is 4.70. The molecule has 1 unspecified atom stereocenters. The maximum atomic E-state index is 12.3. The predicted molar refractivity (Wildman–Crippen MR) is 74.8 cm³/mol. The summed E-state index contributed by atoms with van der Waals surface area (Å²) >= 11 is 0. The van der Waals surface area contributed by atoms with Gasteiger partial charge in [-0.25, -0.2) is 4.98 Å². The van der Waals surface area contributed by atoms with E-state index in [0.717, 1.165) is 5.65 Å². The summed E-state index contributed by atoms with van der Waals surface area (Å²) < 4.78 is 6.96. The van der Waals surface area contributed by atoms with E-state index in [1.807, 2.05) is 25.1 Å². The van der Waals surface area contributed by atoms with Gasteiger partial charge in [0.05, 0.1) is 24.9 Å². The number of aliphatic hydroxyl groups excluding tert-OH is 1. The first kappa shape index (κ1) is 14.5. The minimum atomic E-state index is -0.420. The van der Waals surface area contributed by atoms with Crippen LogP contribution in [0.4, 0.5) is 0 Å². The van der Waals surface area contributed by atoms with Crippen LogP contribution in [0.5, 0.6) is 0 Å². The molecule has 2 aromatic heterocycles. The molecule has 1 atom stereocenters. The van der Waals surface area contributed by atoms with Crippen LogP contribution >= 0.6 is 0 Å². The van der Waals surface area contributed by atoms with Gasteiger partial charge in [0.15, 0.2) is 0 Å². The molecular weight excluding hydrogens is 258 g/mol. The Hall–Kier alpha value is -1.92. The fraction of sp³-hybridized carbons (Fsp3) is 0.429. The van der Waals surface area contributed by atoms with Crippen molar-refractivity contribution in [3.63, 3.8) is 0 Å². The van der Waals surface area contributed by atoms with Crippen molar-refractivity contribution in [3.8, 4) is 0 Å². The van der Waals surface area contributed by atoms with Crippen LogP contribution in [0.15, 0.2) is 24.4 Å². The highest BCUT2D eigenvalue weighted by Gasteiger charge is 2.19. The van der Waals surface area contributed by atoms with Gasteiger partial charge in [-0.1, -0.05) is 6.07 Å². The largest absolute Gasteiger partial charge is 0.394 e. The first-order valence-electron chi connectivity index (χ1n) is 6.60. The Bertz CT molecular complexity index is 594. The quantitative estimate of drug-likeness (QED) is 0.817. The Morgan fingerprint density at radius 1 is 1.55 bits per heavy atom. The third-order valence-electron chi connectivity index (χ3n) is 3.00. The van der Waals surface area contributed by atoms with Gasteiger partial charge in [-0.3, -0.25) is 9.20 Å². The number of ether oxygens (including phenoxy) is 1. The third-order valence-corrected chi connectivity index (χ3v) is 3.00. The predicted octanol–water partition coefficient (Wildman–Crippen LogP) is 0.770. The number of aryl methyl sites for hydroxylation is 1. The molecule has 0 bridgehead atoms. The molecule has 0 saturated carbocycles. The highest BCUT2D eigenvalue weighted by molar-refractivity contribution is 5.94. The summed E-state index contributed by atoms with van der Waals surface area (Å²) in [7, 11) is 0. The number of carbonyl (C=O) groups excluding carboxylic acids is 1. The van der Waals surface area contributed by atoms with Crippen molar-refractivity contribution in [2.24, 2.45) is 0 Å². The van der Waals surface area contributed by atoms with Crippen molar-refractivity contribution in [3.05, 3.63) is 35.8 Å². The minimum absolute atomic E-state index is 0.165. The minimum Gasteiger partial charge on any atom is -0.394 e. The number of carbonyl (C=O) groups is 1. The molecule has 1 amide bonds. The van der Waals surface area contributed by atoms with Crippen molar-refractivity contribution >= 4 is 11.6 Å². The number of pyridine rings is 1. The van der Waals surface area contributed by atoms with Gasteiger partial charge in [0.1, 0.15) is 11.3 Å². The molecular formula is C14H19N3O3. The number of rotatable bonds is 6. The summed E-state index contributed by atoms with van der Waals surface area (Å²) in [5, 5.41) is 12.0. The van der Waals surface area contributed by atoms with Crippen LogP contribution < -0.4 is 5.32 Å². The number of fused-ring (bicyclic) bond motifs is 1. The molecule has 0 spiro atoms. The summed E-state index contributed by atoms with van der Waals surface area (Å²) in [6, 6.07) is 5.13. The molecule has 0 radical (unpaired) electrons. The molecule has 6 heteroatoms. The fourth-order valence-electron chi connectivity index (χ4n) is 2.04. The van der Waals surface area contributed by atoms with Crippen LogP contribution in [-0.2, 0) is 4.74 Å². The summed E-state index contributed by atoms with van der Waals surface area (Å²) in [4.78, 5) is 16.7. The molecule has 108 valence electrons. The zero-order valence-electron chi connectivity index (χ0n) is 11.7. The van der Waals surface area contributed by atoms with Crippen molar-refractivity contribution in [1.29, 1.82) is 0 Å². The van der Waals surface area contributed by atoms with Gasteiger partial charge in [0.2, 0.25) is 0 Å². The number of amides is 1. The van der Waals surface area contributed by atoms with Gasteiger partial charge in [0, 0.05) is 12.8 Å². The second-order valence-corrected chi connectivity index (χ2v) is 4.49. The van der Waals surface area contributed by atoms with Crippen molar-refractivity contribution in [2.45, 2.75) is 19.9 Å². The van der Waals surface area contributed by atoms with E-state index in [1.54, 1.807) is 17.5 Å². The van der Waals surface area contributed by atoms with Gasteiger partial charge >= 0.3 is 0 Å². The average Bonchev–Trinajstić information content (AvgIpc) is 2.79. The van der Waals surface area contributed by atoms with Crippen molar-refractivity contribution < 1.29 is 14.6 Å². The lowest BCUT2D eigenvalue weighted by Crippen LogP contribution is -2.41. The number of hydrogen-bond acceptors (Lipinski definition) is 4. The van der Waals surface area contributed by atoms with E-state index in [2.05, 4.69) is 10.3 Å². The number of hydrogen-bond donors (Lipinski definition) is 2. The van der Waals surface area contributed by atoms with Gasteiger partial charge in [-0.2, -0.15) is 0 Å². The zero-order valence-corrected chi connectivity index (χ0v) is 11.7. The number of nitrogens with zero attached hydrogens (tertiary/aromatic N) is 2. The lowest BCUT2D eigenvalue weighted by atomic mass is 10.2. The summed E-state index contributed by atoms with van der Waals surface area (Å²) in [6.45, 7) is 4.32. The number of aliphatic hydroxyl groups is 1. The number of nitrogens with one attached hydrogen (secondary N) is 1. The van der Waals surface area contributed by atoms with Crippen LogP contribution in [0.3, 0.4) is 0 Å². The van der Waals surface area contributed by atoms with E-state index in [0.29, 0.717) is 18.0 Å². The first-order chi connectivity index (χ1) is 9.67. The molecule has 2 rings (SSSR count). The molecule has 0 aliphatic heterocycles. The highest BCUT2D eigenvalue weighted by Crippen LogP contribution is 2.11. The Morgan fingerprint density at radius 2 is 2.35 bits per heavy atom. The smallest absolute Gasteiger partial charge is 0.270 e. The summed E-state index contributed by atoms with van der Waals surface area (Å²) in [5.41, 5.74) is 1.86. The van der Waals surface area contributed by atoms with Gasteiger partial charge in [-0.05, 0) is 26.0 Å². The normalized spacial score (nSPS) is 12.6. The highest BCUT2D eigenvalue weighted by atomic mass is 16.5. The van der Waals surface area contributed by atoms with E-state index in [4.69, 9.17) is 4.74 Å². The van der Waals surface area contributed by atoms with E-state index in [9.17, 15) is 9.90 Å². The van der Waals surface area contributed by atoms with E-state index in [1.165, 1.54) is 0 Å². The Labute approximate surface area is 117 Å². The molecule has 6 nitrogen and oxygen atoms in total. The molecule has 2 aromatic rings. The SMILES string of the molecule is CCOCC(CO)NC(=O)c1c(C)nc2ccccn12. The van der Waals surface area contributed by atoms with Gasteiger partial charge < -0.3 is 15.2 Å². The average molecular weight is 277 g/mol. The number of imidazole rings is 1. The third kappa shape index (κ3) is 2.97. The molecule has 0 saturated heterocycles. The van der Waals surface area contributed by atoms with Gasteiger partial charge in [-0.15, -0.1) is 0 Å². The maximum absolute atomic E-state index is 12.3. The summed E-state index contributed by atoms with van der Waals surface area (Å²) in [5.74, 6) is -0.264. The Morgan fingerprint density at radius 3 is 3.05 bits per heavy atom. The van der Waals surface area contributed by atoms with Crippen LogP contribution in [-0.4, -0.2) is 46.3 Å². The first-order valence-corrected chi connectivity index (χ1v) is 6.60. The molecule has 2 N–H and O–H groups in total. The molecule has 20 heavy (non-hydrogen) atoms. The second kappa shape index (κ2) is 6.49. The van der Waals surface area contributed by atoms with Crippen LogP contribution in [0.2, 0.25) is 0 Å². The van der Waals surface area contributed by atoms with Crippen LogP contribution in [0.1, 0.15) is 23.1 Å². The molecule has 0 aromatic carbocycles. The molecule has 0 fully saturated rings. The standard InChI is InChI=1S/C14H19N3O3/c1-3-20-9-11(8-18)16-14(19)13-10(2)15-12-6-4-5-7-17(12)13/h4-7,11,18H,3,8-9H2,1-2H3,(H,16,19). The van der Waals surface area contributed by atoms with Crippen molar-refractivity contribution in [2.75, 3.05) is 19.8 Å². The van der Waals surface area contributed by atoms with Crippen LogP contribution in [0, 0.1) is 6.92 Å². The Balaban J connectivity index is 2.20. The van der Waals surface area contributed by atoms with Crippen molar-refractivity contribution in [1.82, 2.24) is 14.7 Å². The van der Waals surface area contributed by atoms with E-state index >= 15 is 0 Å². The molecule has 0 aliphatic rings. The molecule has 2 heterocycles. The number of aromatic nitrogens is 2. The van der Waals surface area contributed by atoms with E-state index < -0.39 is 6.04 Å². The van der Waals surface area contributed by atoms with E-state index in [-0.39, 0.29) is 19.1 Å². The van der Waals surface area contributed by atoms with Gasteiger partial charge in [0.25, 0.3) is 5.91 Å². The monoisotopic (exact) mass is 277 g/mol. The summed E-state index contributed by atoms with van der Waals surface area (Å²) in [6.07, 6.45) is 1.79. The second-order valence-electron chi connectivity index (χ2n) is 4.49. The van der Waals surface area contributed by atoms with Crippen LogP contribution in [0.25, 0.3) is 5.65 Å². The lowest BCUT2D eigenvalue weighted by molar-refractivity contribution is 0.0760.